The second-order valence-corrected chi connectivity index (χ2v) is 5.95. The number of benzene rings is 1. The summed E-state index contributed by atoms with van der Waals surface area (Å²) in [4.78, 5) is 19.9. The number of hydrogen-bond acceptors (Lipinski definition) is 4. The van der Waals surface area contributed by atoms with Crippen molar-refractivity contribution >= 4 is 45.0 Å². The molecule has 0 saturated carbocycles. The van der Waals surface area contributed by atoms with Gasteiger partial charge in [0.15, 0.2) is 5.13 Å². The van der Waals surface area contributed by atoms with Crippen molar-refractivity contribution in [1.82, 2.24) is 9.88 Å². The number of carbonyl (C=O) groups is 1. The van der Waals surface area contributed by atoms with Gasteiger partial charge in [0.2, 0.25) is 5.91 Å². The molecule has 21 heavy (non-hydrogen) atoms. The third-order valence-electron chi connectivity index (χ3n) is 2.94. The van der Waals surface area contributed by atoms with Crippen LogP contribution in [0.15, 0.2) is 18.2 Å². The zero-order chi connectivity index (χ0) is 14.7. The first-order valence-corrected chi connectivity index (χ1v) is 7.28. The van der Waals surface area contributed by atoms with Crippen LogP contribution < -0.4 is 4.90 Å². The van der Waals surface area contributed by atoms with Crippen LogP contribution in [0.2, 0.25) is 0 Å². The number of anilines is 1. The van der Waals surface area contributed by atoms with E-state index >= 15 is 0 Å². The number of nitrogens with zero attached hydrogens (tertiary/aromatic N) is 3. The molecule has 1 heterocycles. The van der Waals surface area contributed by atoms with E-state index in [-0.39, 0.29) is 24.1 Å². The molecule has 0 saturated heterocycles. The van der Waals surface area contributed by atoms with Crippen molar-refractivity contribution in [1.29, 1.82) is 0 Å². The molecule has 0 spiro atoms. The molecule has 4 nitrogen and oxygen atoms in total. The molecular weight excluding hydrogens is 313 g/mol. The van der Waals surface area contributed by atoms with E-state index in [1.165, 1.54) is 30.4 Å². The molecule has 0 bridgehead atoms. The molecule has 0 aliphatic rings. The second-order valence-electron chi connectivity index (χ2n) is 4.94. The van der Waals surface area contributed by atoms with Gasteiger partial charge in [-0.25, -0.2) is 9.37 Å². The molecule has 0 N–H and O–H groups in total. The highest BCUT2D eigenvalue weighted by Gasteiger charge is 2.16. The number of thiazole rings is 1. The zero-order valence-corrected chi connectivity index (χ0v) is 13.9. The maximum absolute atomic E-state index is 13.2. The van der Waals surface area contributed by atoms with Crippen LogP contribution in [0.5, 0.6) is 0 Å². The molecule has 2 rings (SSSR count). The second kappa shape index (κ2) is 7.68. The molecule has 0 unspecified atom stereocenters. The maximum atomic E-state index is 13.2. The number of aromatic nitrogens is 1. The van der Waals surface area contributed by atoms with Gasteiger partial charge in [-0.3, -0.25) is 9.69 Å². The average Bonchev–Trinajstić information content (AvgIpc) is 2.76. The summed E-state index contributed by atoms with van der Waals surface area (Å²) in [6.07, 6.45) is 0.872. The number of amides is 1. The van der Waals surface area contributed by atoms with E-state index in [1.54, 1.807) is 11.0 Å². The minimum absolute atomic E-state index is 0. The number of halogens is 2. The molecule has 0 fully saturated rings. The van der Waals surface area contributed by atoms with Crippen molar-refractivity contribution in [3.8, 4) is 0 Å². The number of rotatable bonds is 5. The molecule has 0 aliphatic carbocycles. The normalized spacial score (nSPS) is 10.7. The van der Waals surface area contributed by atoms with Crippen LogP contribution in [-0.4, -0.2) is 43.0 Å². The van der Waals surface area contributed by atoms with E-state index in [2.05, 4.69) is 9.88 Å². The predicted molar refractivity (Wildman–Crippen MR) is 88.0 cm³/mol. The lowest BCUT2D eigenvalue weighted by molar-refractivity contribution is -0.116. The van der Waals surface area contributed by atoms with E-state index in [9.17, 15) is 9.18 Å². The standard InChI is InChI=1S/C14H18FN3OS.ClH/c1-10(19)18(8-4-7-17(2)3)14-16-12-6-5-11(15)9-13(12)20-14;/h5-6,9H,4,7-8H2,1-3H3;1H. The summed E-state index contributed by atoms with van der Waals surface area (Å²) in [5.74, 6) is -0.321. The molecule has 1 amide bonds. The van der Waals surface area contributed by atoms with E-state index in [1.807, 2.05) is 14.1 Å². The molecular formula is C14H19ClFN3OS. The van der Waals surface area contributed by atoms with Gasteiger partial charge in [0.1, 0.15) is 5.82 Å². The van der Waals surface area contributed by atoms with Crippen molar-refractivity contribution in [2.75, 3.05) is 32.1 Å². The lowest BCUT2D eigenvalue weighted by Gasteiger charge is -2.19. The molecule has 0 atom stereocenters. The monoisotopic (exact) mass is 331 g/mol. The lowest BCUT2D eigenvalue weighted by Crippen LogP contribution is -2.31. The minimum atomic E-state index is -0.283. The van der Waals surface area contributed by atoms with Gasteiger partial charge in [0.25, 0.3) is 0 Å². The fourth-order valence-corrected chi connectivity index (χ4v) is 3.00. The maximum Gasteiger partial charge on any atom is 0.225 e. The Morgan fingerprint density at radius 1 is 1.33 bits per heavy atom. The van der Waals surface area contributed by atoms with Crippen molar-refractivity contribution in [2.24, 2.45) is 0 Å². The van der Waals surface area contributed by atoms with Crippen LogP contribution in [0.4, 0.5) is 9.52 Å². The van der Waals surface area contributed by atoms with Crippen LogP contribution in [-0.2, 0) is 4.79 Å². The Labute approximate surface area is 134 Å². The molecule has 7 heteroatoms. The minimum Gasteiger partial charge on any atom is -0.309 e. The van der Waals surface area contributed by atoms with E-state index in [0.717, 1.165) is 23.2 Å². The number of hydrogen-bond donors (Lipinski definition) is 0. The van der Waals surface area contributed by atoms with E-state index in [4.69, 9.17) is 0 Å². The van der Waals surface area contributed by atoms with Crippen LogP contribution in [0.1, 0.15) is 13.3 Å². The quantitative estimate of drug-likeness (QED) is 0.844. The summed E-state index contributed by atoms with van der Waals surface area (Å²) in [6.45, 7) is 3.06. The smallest absolute Gasteiger partial charge is 0.225 e. The Hall–Kier alpha value is -1.24. The Balaban J connectivity index is 0.00000220. The Morgan fingerprint density at radius 3 is 2.67 bits per heavy atom. The van der Waals surface area contributed by atoms with Gasteiger partial charge in [-0.15, -0.1) is 12.4 Å². The summed E-state index contributed by atoms with van der Waals surface area (Å²) in [5, 5.41) is 0.636. The summed E-state index contributed by atoms with van der Waals surface area (Å²) >= 11 is 1.35. The highest BCUT2D eigenvalue weighted by Crippen LogP contribution is 2.29. The first-order valence-electron chi connectivity index (χ1n) is 6.46. The molecule has 1 aromatic heterocycles. The van der Waals surface area contributed by atoms with Gasteiger partial charge in [0.05, 0.1) is 10.2 Å². The first-order chi connectivity index (χ1) is 9.47. The van der Waals surface area contributed by atoms with Gasteiger partial charge in [-0.05, 0) is 45.3 Å². The molecule has 2 aromatic rings. The first kappa shape index (κ1) is 17.8. The highest BCUT2D eigenvalue weighted by atomic mass is 35.5. The Kier molecular flexibility index (Phi) is 6.51. The highest BCUT2D eigenvalue weighted by molar-refractivity contribution is 7.22. The van der Waals surface area contributed by atoms with Crippen LogP contribution in [0.3, 0.4) is 0 Å². The molecule has 0 radical (unpaired) electrons. The number of carbonyl (C=O) groups excluding carboxylic acids is 1. The predicted octanol–water partition coefficient (Wildman–Crippen LogP) is 3.16. The summed E-state index contributed by atoms with van der Waals surface area (Å²) < 4.78 is 14.0. The Bertz CT molecular complexity index is 617. The fourth-order valence-electron chi connectivity index (χ4n) is 1.93. The van der Waals surface area contributed by atoms with E-state index < -0.39 is 0 Å². The van der Waals surface area contributed by atoms with Gasteiger partial charge in [-0.2, -0.15) is 0 Å². The van der Waals surface area contributed by atoms with Gasteiger partial charge < -0.3 is 4.90 Å². The molecule has 116 valence electrons. The summed E-state index contributed by atoms with van der Waals surface area (Å²) in [7, 11) is 4.00. The number of fused-ring (bicyclic) bond motifs is 1. The average molecular weight is 332 g/mol. The summed E-state index contributed by atoms with van der Waals surface area (Å²) in [6, 6.07) is 4.48. The molecule has 1 aromatic carbocycles. The van der Waals surface area contributed by atoms with Gasteiger partial charge >= 0.3 is 0 Å². The van der Waals surface area contributed by atoms with Crippen LogP contribution >= 0.6 is 23.7 Å². The fraction of sp³-hybridized carbons (Fsp3) is 0.429. The van der Waals surface area contributed by atoms with Crippen LogP contribution in [0.25, 0.3) is 10.2 Å². The van der Waals surface area contributed by atoms with Crippen molar-refractivity contribution < 1.29 is 9.18 Å². The van der Waals surface area contributed by atoms with E-state index in [0.29, 0.717) is 11.7 Å². The largest absolute Gasteiger partial charge is 0.309 e. The zero-order valence-electron chi connectivity index (χ0n) is 12.3. The molecule has 0 aliphatic heterocycles. The summed E-state index contributed by atoms with van der Waals surface area (Å²) in [5.41, 5.74) is 0.727. The van der Waals surface area contributed by atoms with Gasteiger partial charge in [-0.1, -0.05) is 11.3 Å². The topological polar surface area (TPSA) is 36.4 Å². The van der Waals surface area contributed by atoms with Crippen LogP contribution in [0, 0.1) is 5.82 Å². The third kappa shape index (κ3) is 4.62. The SMILES string of the molecule is CC(=O)N(CCCN(C)C)c1nc2ccc(F)cc2s1.Cl. The third-order valence-corrected chi connectivity index (χ3v) is 3.98. The van der Waals surface area contributed by atoms with Crippen molar-refractivity contribution in [3.05, 3.63) is 24.0 Å². The van der Waals surface area contributed by atoms with Gasteiger partial charge in [0, 0.05) is 13.5 Å². The lowest BCUT2D eigenvalue weighted by atomic mass is 10.3. The van der Waals surface area contributed by atoms with Crippen molar-refractivity contribution in [3.63, 3.8) is 0 Å². The Morgan fingerprint density at radius 2 is 2.05 bits per heavy atom. The van der Waals surface area contributed by atoms with Crippen molar-refractivity contribution in [2.45, 2.75) is 13.3 Å².